The zero-order valence-corrected chi connectivity index (χ0v) is 23.1. The number of halogens is 1. The molecule has 12 nitrogen and oxygen atoms in total. The summed E-state index contributed by atoms with van der Waals surface area (Å²) >= 11 is 1.15. The molecule has 1 saturated heterocycles. The van der Waals surface area contributed by atoms with Crippen molar-refractivity contribution in [2.45, 2.75) is 38.5 Å². The number of fused-ring (bicyclic) bond motifs is 1. The highest BCUT2D eigenvalue weighted by Crippen LogP contribution is 2.34. The lowest BCUT2D eigenvalue weighted by atomic mass is 10.0. The molecule has 212 valence electrons. The predicted molar refractivity (Wildman–Crippen MR) is 145 cm³/mol. The number of benzene rings is 1. The SMILES string of the molecule is COc1ccc(F)cc1[C@H](Cn1c(=O)n([C@H]2CCCN(C)C2=O)c(=O)c2c(C)c(-n3nccn3)sc21)OCCO. The van der Waals surface area contributed by atoms with Crippen LogP contribution < -0.4 is 16.0 Å². The van der Waals surface area contributed by atoms with Gasteiger partial charge in [-0.05, 0) is 38.0 Å². The van der Waals surface area contributed by atoms with Crippen molar-refractivity contribution in [3.05, 3.63) is 68.4 Å². The summed E-state index contributed by atoms with van der Waals surface area (Å²) in [5, 5.41) is 18.6. The third-order valence-corrected chi connectivity index (χ3v) is 8.34. The number of likely N-dealkylation sites (N-methyl/N-ethyl adjacent to an activating group) is 1. The Morgan fingerprint density at radius 3 is 2.67 bits per heavy atom. The van der Waals surface area contributed by atoms with Crippen molar-refractivity contribution in [2.24, 2.45) is 0 Å². The van der Waals surface area contributed by atoms with Crippen molar-refractivity contribution in [3.63, 3.8) is 0 Å². The van der Waals surface area contributed by atoms with Gasteiger partial charge in [0.1, 0.15) is 33.5 Å². The molecular formula is C26H29FN6O6S. The highest BCUT2D eigenvalue weighted by Gasteiger charge is 2.33. The van der Waals surface area contributed by atoms with E-state index in [2.05, 4.69) is 10.2 Å². The summed E-state index contributed by atoms with van der Waals surface area (Å²) in [6.07, 6.45) is 3.03. The molecule has 3 aromatic heterocycles. The van der Waals surface area contributed by atoms with Crippen LogP contribution in [-0.4, -0.2) is 74.0 Å². The number of piperidine rings is 1. The van der Waals surface area contributed by atoms with E-state index in [0.29, 0.717) is 46.1 Å². The van der Waals surface area contributed by atoms with E-state index in [0.717, 1.165) is 15.9 Å². The average Bonchev–Trinajstić information content (AvgIpc) is 3.59. The van der Waals surface area contributed by atoms with Gasteiger partial charge in [-0.3, -0.25) is 14.2 Å². The lowest BCUT2D eigenvalue weighted by Gasteiger charge is -2.30. The quantitative estimate of drug-likeness (QED) is 0.321. The molecule has 0 bridgehead atoms. The number of aromatic nitrogens is 5. The fourth-order valence-electron chi connectivity index (χ4n) is 5.11. The van der Waals surface area contributed by atoms with Crippen LogP contribution in [0, 0.1) is 12.7 Å². The zero-order valence-electron chi connectivity index (χ0n) is 22.2. The number of methoxy groups -OCH3 is 1. The summed E-state index contributed by atoms with van der Waals surface area (Å²) in [6, 6.07) is 2.97. The monoisotopic (exact) mass is 572 g/mol. The number of carbonyl (C=O) groups is 1. The van der Waals surface area contributed by atoms with Crippen LogP contribution in [0.2, 0.25) is 0 Å². The second-order valence-electron chi connectivity index (χ2n) is 9.49. The summed E-state index contributed by atoms with van der Waals surface area (Å²) in [5.41, 5.74) is -0.394. The first-order chi connectivity index (χ1) is 19.3. The first-order valence-corrected chi connectivity index (χ1v) is 13.5. The smallest absolute Gasteiger partial charge is 0.332 e. The number of likely N-dealkylation sites (tertiary alicyclic amines) is 1. The first kappa shape index (κ1) is 27.7. The molecule has 0 spiro atoms. The second kappa shape index (κ2) is 11.3. The molecule has 1 aliphatic rings. The Hall–Kier alpha value is -3.88. The molecule has 0 radical (unpaired) electrons. The minimum Gasteiger partial charge on any atom is -0.496 e. The molecule has 14 heteroatoms. The molecule has 1 fully saturated rings. The molecule has 1 N–H and O–H groups in total. The molecule has 1 aliphatic heterocycles. The number of rotatable bonds is 9. The second-order valence-corrected chi connectivity index (χ2v) is 10.5. The number of ether oxygens (including phenoxy) is 2. The Morgan fingerprint density at radius 1 is 1.23 bits per heavy atom. The van der Waals surface area contributed by atoms with Crippen LogP contribution >= 0.6 is 11.3 Å². The van der Waals surface area contributed by atoms with E-state index in [1.807, 2.05) is 0 Å². The fraction of sp³-hybridized carbons (Fsp3) is 0.423. The number of hydrogen-bond donors (Lipinski definition) is 1. The highest BCUT2D eigenvalue weighted by molar-refractivity contribution is 7.21. The number of aliphatic hydroxyl groups excluding tert-OH is 1. The average molecular weight is 573 g/mol. The van der Waals surface area contributed by atoms with E-state index >= 15 is 0 Å². The normalized spacial score (nSPS) is 16.6. The number of hydrogen-bond acceptors (Lipinski definition) is 9. The van der Waals surface area contributed by atoms with Crippen molar-refractivity contribution >= 4 is 27.5 Å². The molecule has 0 saturated carbocycles. The maximum absolute atomic E-state index is 14.4. The van der Waals surface area contributed by atoms with Gasteiger partial charge < -0.3 is 19.5 Å². The Morgan fingerprint density at radius 2 is 1.98 bits per heavy atom. The van der Waals surface area contributed by atoms with Crippen LogP contribution in [0.1, 0.15) is 36.1 Å². The van der Waals surface area contributed by atoms with Crippen LogP contribution in [-0.2, 0) is 16.1 Å². The molecule has 0 unspecified atom stereocenters. The fourth-order valence-corrected chi connectivity index (χ4v) is 6.33. The number of aliphatic hydroxyl groups is 1. The highest BCUT2D eigenvalue weighted by atomic mass is 32.1. The number of aryl methyl sites for hydroxylation is 1. The Bertz CT molecular complexity index is 1660. The molecule has 0 aliphatic carbocycles. The van der Waals surface area contributed by atoms with Gasteiger partial charge in [-0.2, -0.15) is 10.2 Å². The van der Waals surface area contributed by atoms with Gasteiger partial charge >= 0.3 is 5.69 Å². The molecule has 4 aromatic rings. The Labute approximate surface area is 231 Å². The van der Waals surface area contributed by atoms with Gasteiger partial charge in [-0.15, -0.1) is 4.80 Å². The van der Waals surface area contributed by atoms with Crippen molar-refractivity contribution in [1.82, 2.24) is 29.0 Å². The van der Waals surface area contributed by atoms with Gasteiger partial charge in [0.05, 0.1) is 44.6 Å². The third kappa shape index (κ3) is 4.82. The van der Waals surface area contributed by atoms with Gasteiger partial charge in [-0.1, -0.05) is 11.3 Å². The van der Waals surface area contributed by atoms with E-state index in [4.69, 9.17) is 9.47 Å². The van der Waals surface area contributed by atoms with E-state index in [1.165, 1.54) is 52.0 Å². The van der Waals surface area contributed by atoms with Crippen molar-refractivity contribution in [3.8, 4) is 10.8 Å². The third-order valence-electron chi connectivity index (χ3n) is 7.06. The molecule has 40 heavy (non-hydrogen) atoms. The number of amides is 1. The van der Waals surface area contributed by atoms with E-state index in [-0.39, 0.29) is 31.1 Å². The van der Waals surface area contributed by atoms with Gasteiger partial charge in [0.15, 0.2) is 0 Å². The Balaban J connectivity index is 1.77. The summed E-state index contributed by atoms with van der Waals surface area (Å²) in [7, 11) is 3.07. The predicted octanol–water partition coefficient (Wildman–Crippen LogP) is 1.81. The molecule has 5 rings (SSSR count). The molecule has 2 atom stereocenters. The van der Waals surface area contributed by atoms with Gasteiger partial charge in [0, 0.05) is 24.7 Å². The zero-order chi connectivity index (χ0) is 28.6. The molecule has 1 aromatic carbocycles. The van der Waals surface area contributed by atoms with Crippen LogP contribution in [0.4, 0.5) is 4.39 Å². The molecule has 4 heterocycles. The summed E-state index contributed by atoms with van der Waals surface area (Å²) in [6.45, 7) is 1.71. The van der Waals surface area contributed by atoms with Crippen LogP contribution in [0.15, 0.2) is 40.2 Å². The van der Waals surface area contributed by atoms with E-state index < -0.39 is 29.2 Å². The van der Waals surface area contributed by atoms with Gasteiger partial charge in [0.2, 0.25) is 5.91 Å². The molecular weight excluding hydrogens is 543 g/mol. The topological polar surface area (TPSA) is 134 Å². The van der Waals surface area contributed by atoms with Crippen LogP contribution in [0.25, 0.3) is 15.2 Å². The molecule has 1 amide bonds. The van der Waals surface area contributed by atoms with Gasteiger partial charge in [0.25, 0.3) is 5.56 Å². The number of carbonyl (C=O) groups excluding carboxylic acids is 1. The standard InChI is InChI=1S/C26H29FN6O6S/c1-15-21-23(36)32(18-5-4-10-30(2)22(18)35)26(37)31(25(21)40-24(15)33-28-8-9-29-33)14-20(39-12-11-34)17-13-16(27)6-7-19(17)38-3/h6-9,13,18,20,34H,4-5,10-12,14H2,1-3H3/t18-,20-/m0/s1. The maximum atomic E-state index is 14.4. The summed E-state index contributed by atoms with van der Waals surface area (Å²) in [5.74, 6) is -0.529. The lowest BCUT2D eigenvalue weighted by Crippen LogP contribution is -2.49. The van der Waals surface area contributed by atoms with E-state index in [1.54, 1.807) is 14.0 Å². The van der Waals surface area contributed by atoms with Gasteiger partial charge in [-0.25, -0.2) is 13.8 Å². The lowest BCUT2D eigenvalue weighted by molar-refractivity contribution is -0.136. The van der Waals surface area contributed by atoms with Crippen molar-refractivity contribution in [2.75, 3.05) is 33.9 Å². The minimum absolute atomic E-state index is 0.0975. The van der Waals surface area contributed by atoms with Crippen LogP contribution in [0.3, 0.4) is 0 Å². The maximum Gasteiger partial charge on any atom is 0.332 e. The Kier molecular flexibility index (Phi) is 7.83. The summed E-state index contributed by atoms with van der Waals surface area (Å²) < 4.78 is 28.1. The summed E-state index contributed by atoms with van der Waals surface area (Å²) in [4.78, 5) is 44.4. The minimum atomic E-state index is -0.972. The van der Waals surface area contributed by atoms with Crippen molar-refractivity contribution < 1.29 is 23.8 Å². The van der Waals surface area contributed by atoms with Crippen LogP contribution in [0.5, 0.6) is 5.75 Å². The number of nitrogens with zero attached hydrogens (tertiary/aromatic N) is 6. The number of thiophene rings is 1. The largest absolute Gasteiger partial charge is 0.496 e. The first-order valence-electron chi connectivity index (χ1n) is 12.7. The van der Waals surface area contributed by atoms with Crippen molar-refractivity contribution in [1.29, 1.82) is 0 Å². The van der Waals surface area contributed by atoms with E-state index in [9.17, 15) is 23.9 Å².